The standard InChI is InChI=1S/C29H38O7/c1-6-9-22-24(13-11-20-17-18(3)26(29(31)32)36-27(20)22)34-15-8-16-35-25-14-12-21(19(4)30)28(33-5)23(25)10-7-2/h11-14,18,26H,6-10,15-17H2,1-5H3,(H,31,32). The highest BCUT2D eigenvalue weighted by Gasteiger charge is 2.34. The molecule has 2 atom stereocenters. The van der Waals surface area contributed by atoms with E-state index < -0.39 is 12.1 Å². The van der Waals surface area contributed by atoms with Gasteiger partial charge in [-0.3, -0.25) is 4.79 Å². The Morgan fingerprint density at radius 3 is 2.19 bits per heavy atom. The molecule has 1 N–H and O–H groups in total. The van der Waals surface area contributed by atoms with Gasteiger partial charge in [-0.05, 0) is 49.9 Å². The lowest BCUT2D eigenvalue weighted by Gasteiger charge is -2.31. The van der Waals surface area contributed by atoms with Gasteiger partial charge in [0, 0.05) is 23.5 Å². The van der Waals surface area contributed by atoms with Crippen molar-refractivity contribution >= 4 is 11.8 Å². The van der Waals surface area contributed by atoms with Crippen molar-refractivity contribution in [1.82, 2.24) is 0 Å². The van der Waals surface area contributed by atoms with Gasteiger partial charge >= 0.3 is 5.97 Å². The highest BCUT2D eigenvalue weighted by molar-refractivity contribution is 5.97. The zero-order chi connectivity index (χ0) is 26.2. The minimum absolute atomic E-state index is 0.0369. The Balaban J connectivity index is 1.67. The van der Waals surface area contributed by atoms with Gasteiger partial charge in [-0.1, -0.05) is 39.7 Å². The highest BCUT2D eigenvalue weighted by Crippen LogP contribution is 2.40. The predicted molar refractivity (Wildman–Crippen MR) is 138 cm³/mol. The van der Waals surface area contributed by atoms with E-state index in [4.69, 9.17) is 18.9 Å². The van der Waals surface area contributed by atoms with E-state index in [2.05, 4.69) is 13.8 Å². The third-order valence-corrected chi connectivity index (χ3v) is 6.45. The molecular weight excluding hydrogens is 460 g/mol. The Bertz CT molecular complexity index is 1080. The molecule has 0 amide bonds. The highest BCUT2D eigenvalue weighted by atomic mass is 16.5. The van der Waals surface area contributed by atoms with Crippen molar-refractivity contribution in [2.24, 2.45) is 5.92 Å². The maximum atomic E-state index is 12.0. The second-order valence-electron chi connectivity index (χ2n) is 9.32. The van der Waals surface area contributed by atoms with Crippen molar-refractivity contribution in [3.8, 4) is 23.0 Å². The van der Waals surface area contributed by atoms with Gasteiger partial charge in [0.2, 0.25) is 0 Å². The number of fused-ring (bicyclic) bond motifs is 1. The van der Waals surface area contributed by atoms with Crippen molar-refractivity contribution in [2.75, 3.05) is 20.3 Å². The average molecular weight is 499 g/mol. The molecule has 7 heteroatoms. The van der Waals surface area contributed by atoms with Crippen LogP contribution in [0.15, 0.2) is 24.3 Å². The maximum Gasteiger partial charge on any atom is 0.345 e. The number of methoxy groups -OCH3 is 1. The van der Waals surface area contributed by atoms with E-state index in [9.17, 15) is 14.7 Å². The Hall–Kier alpha value is -3.22. The molecule has 2 aromatic rings. The van der Waals surface area contributed by atoms with Crippen LogP contribution in [0.4, 0.5) is 0 Å². The van der Waals surface area contributed by atoms with Crippen molar-refractivity contribution in [3.05, 3.63) is 46.5 Å². The molecule has 196 valence electrons. The first kappa shape index (κ1) is 27.4. The van der Waals surface area contributed by atoms with E-state index in [1.807, 2.05) is 25.1 Å². The SMILES string of the molecule is CCCc1c(OCCCOc2ccc(C(C)=O)c(OC)c2CCC)ccc2c1OC(C(=O)O)C(C)C2. The van der Waals surface area contributed by atoms with Crippen LogP contribution in [0, 0.1) is 5.92 Å². The fourth-order valence-corrected chi connectivity index (χ4v) is 4.74. The molecule has 2 unspecified atom stereocenters. The summed E-state index contributed by atoms with van der Waals surface area (Å²) in [6.45, 7) is 8.49. The molecule has 0 aliphatic carbocycles. The molecule has 0 saturated heterocycles. The van der Waals surface area contributed by atoms with Crippen LogP contribution < -0.4 is 18.9 Å². The van der Waals surface area contributed by atoms with Gasteiger partial charge in [-0.15, -0.1) is 0 Å². The summed E-state index contributed by atoms with van der Waals surface area (Å²) in [6.07, 6.45) is 3.77. The van der Waals surface area contributed by atoms with Crippen LogP contribution in [-0.4, -0.2) is 43.3 Å². The van der Waals surface area contributed by atoms with Crippen LogP contribution in [0.25, 0.3) is 0 Å². The zero-order valence-corrected chi connectivity index (χ0v) is 22.0. The zero-order valence-electron chi connectivity index (χ0n) is 22.0. The molecule has 0 aromatic heterocycles. The van der Waals surface area contributed by atoms with Gasteiger partial charge in [0.1, 0.15) is 23.0 Å². The molecule has 1 aliphatic rings. The smallest absolute Gasteiger partial charge is 0.345 e. The number of carboxylic acids is 1. The summed E-state index contributed by atoms with van der Waals surface area (Å²) in [7, 11) is 1.58. The Labute approximate surface area is 213 Å². The number of hydrogen-bond acceptors (Lipinski definition) is 6. The van der Waals surface area contributed by atoms with Crippen LogP contribution in [-0.2, 0) is 24.1 Å². The third kappa shape index (κ3) is 6.12. The van der Waals surface area contributed by atoms with Gasteiger partial charge < -0.3 is 24.1 Å². The molecule has 0 bridgehead atoms. The first-order valence-corrected chi connectivity index (χ1v) is 12.8. The van der Waals surface area contributed by atoms with Crippen molar-refractivity contribution in [3.63, 3.8) is 0 Å². The number of carboxylic acid groups (broad SMARTS) is 1. The number of benzene rings is 2. The molecule has 0 saturated carbocycles. The van der Waals surface area contributed by atoms with Crippen LogP contribution in [0.5, 0.6) is 23.0 Å². The van der Waals surface area contributed by atoms with Gasteiger partial charge in [0.25, 0.3) is 0 Å². The monoisotopic (exact) mass is 498 g/mol. The number of rotatable bonds is 13. The van der Waals surface area contributed by atoms with E-state index in [1.54, 1.807) is 13.2 Å². The number of carbonyl (C=O) groups excluding carboxylic acids is 1. The molecular formula is C29H38O7. The topological polar surface area (TPSA) is 91.3 Å². The van der Waals surface area contributed by atoms with Crippen LogP contribution >= 0.6 is 0 Å². The Morgan fingerprint density at radius 2 is 1.61 bits per heavy atom. The normalized spacial score (nSPS) is 16.6. The quantitative estimate of drug-likeness (QED) is 0.281. The summed E-state index contributed by atoms with van der Waals surface area (Å²) in [5.74, 6) is 1.65. The number of Topliss-reactive ketones (excluding diaryl/α,β-unsaturated/α-hetero) is 1. The minimum Gasteiger partial charge on any atom is -0.496 e. The number of ketones is 1. The van der Waals surface area contributed by atoms with Crippen LogP contribution in [0.1, 0.15) is 74.0 Å². The molecule has 0 fully saturated rings. The molecule has 1 heterocycles. The lowest BCUT2D eigenvalue weighted by atomic mass is 9.89. The second kappa shape index (κ2) is 12.7. The summed E-state index contributed by atoms with van der Waals surface area (Å²) in [5, 5.41) is 9.55. The lowest BCUT2D eigenvalue weighted by molar-refractivity contribution is -0.148. The van der Waals surface area contributed by atoms with Crippen molar-refractivity contribution < 1.29 is 33.6 Å². The molecule has 36 heavy (non-hydrogen) atoms. The number of aliphatic carboxylic acids is 1. The average Bonchev–Trinajstić information content (AvgIpc) is 2.84. The Morgan fingerprint density at radius 1 is 1.00 bits per heavy atom. The van der Waals surface area contributed by atoms with E-state index >= 15 is 0 Å². The molecule has 1 aliphatic heterocycles. The summed E-state index contributed by atoms with van der Waals surface area (Å²) in [4.78, 5) is 23.6. The first-order chi connectivity index (χ1) is 17.3. The molecule has 3 rings (SSSR count). The largest absolute Gasteiger partial charge is 0.496 e. The summed E-state index contributed by atoms with van der Waals surface area (Å²) >= 11 is 0. The minimum atomic E-state index is -0.936. The van der Waals surface area contributed by atoms with Gasteiger partial charge in [0.05, 0.1) is 25.9 Å². The third-order valence-electron chi connectivity index (χ3n) is 6.45. The van der Waals surface area contributed by atoms with E-state index in [1.165, 1.54) is 6.92 Å². The number of carbonyl (C=O) groups is 2. The summed E-state index contributed by atoms with van der Waals surface area (Å²) in [5.41, 5.74) is 3.44. The molecule has 2 aromatic carbocycles. The second-order valence-corrected chi connectivity index (χ2v) is 9.32. The Kier molecular flexibility index (Phi) is 9.62. The number of hydrogen-bond donors (Lipinski definition) is 1. The summed E-state index contributed by atoms with van der Waals surface area (Å²) < 4.78 is 23.7. The van der Waals surface area contributed by atoms with Crippen LogP contribution in [0.3, 0.4) is 0 Å². The lowest BCUT2D eigenvalue weighted by Crippen LogP contribution is -2.38. The fourth-order valence-electron chi connectivity index (χ4n) is 4.74. The molecule has 0 radical (unpaired) electrons. The van der Waals surface area contributed by atoms with Crippen molar-refractivity contribution in [2.45, 2.75) is 72.3 Å². The van der Waals surface area contributed by atoms with Gasteiger partial charge in [-0.25, -0.2) is 4.79 Å². The van der Waals surface area contributed by atoms with Gasteiger partial charge in [-0.2, -0.15) is 0 Å². The molecule has 0 spiro atoms. The van der Waals surface area contributed by atoms with E-state index in [0.29, 0.717) is 43.1 Å². The maximum absolute atomic E-state index is 12.0. The van der Waals surface area contributed by atoms with E-state index in [0.717, 1.165) is 53.9 Å². The van der Waals surface area contributed by atoms with Gasteiger partial charge in [0.15, 0.2) is 11.9 Å². The number of ether oxygens (including phenoxy) is 4. The fraction of sp³-hybridized carbons (Fsp3) is 0.517. The molecule has 7 nitrogen and oxygen atoms in total. The van der Waals surface area contributed by atoms with E-state index in [-0.39, 0.29) is 11.7 Å². The summed E-state index contributed by atoms with van der Waals surface area (Å²) in [6, 6.07) is 7.54. The van der Waals surface area contributed by atoms with Crippen LogP contribution in [0.2, 0.25) is 0 Å². The van der Waals surface area contributed by atoms with Crippen molar-refractivity contribution in [1.29, 1.82) is 0 Å². The first-order valence-electron chi connectivity index (χ1n) is 12.8. The predicted octanol–water partition coefficient (Wildman–Crippen LogP) is 5.67.